The Labute approximate surface area is 299 Å². The molecule has 0 N–H and O–H groups in total. The number of rotatable bonds is 4. The molecule has 0 aliphatic heterocycles. The highest BCUT2D eigenvalue weighted by Crippen LogP contribution is 2.53. The zero-order valence-corrected chi connectivity index (χ0v) is 29.3. The Balaban J connectivity index is 1.31. The summed E-state index contributed by atoms with van der Waals surface area (Å²) in [5, 5.41) is 10.3. The van der Waals surface area contributed by atoms with Crippen LogP contribution in [0.4, 0.5) is 0 Å². The molecule has 242 valence electrons. The van der Waals surface area contributed by atoms with Gasteiger partial charge in [-0.05, 0) is 117 Å². The second-order valence-corrected chi connectivity index (χ2v) is 14.7. The maximum absolute atomic E-state index is 2.48. The van der Waals surface area contributed by atoms with E-state index in [-0.39, 0.29) is 5.41 Å². The molecule has 1 aliphatic rings. The van der Waals surface area contributed by atoms with Gasteiger partial charge in [-0.3, -0.25) is 0 Å². The standard InChI is InChI=1S/C51H38/c1-4-32-25-27-33(28-26-32)47-37-16-5-9-20-41(37)49(42-21-10-6-17-38(42)47)50-43-22-11-7-18-39(43)48(40-19-8-12-23-44(40)50)34-29-30-36-35-15-13-14-24-45(35)51(2,3)46(36)31-34/h5-31H,4H2,1-3H3. The van der Waals surface area contributed by atoms with Crippen LogP contribution in [-0.2, 0) is 11.8 Å². The molecule has 0 heterocycles. The Morgan fingerprint density at radius 3 is 1.20 bits per heavy atom. The molecule has 0 aromatic heterocycles. The minimum Gasteiger partial charge on any atom is -0.0619 e. The molecule has 0 spiro atoms. The van der Waals surface area contributed by atoms with Crippen LogP contribution in [0.1, 0.15) is 37.5 Å². The molecule has 9 aromatic rings. The summed E-state index contributed by atoms with van der Waals surface area (Å²) in [6.07, 6.45) is 1.04. The van der Waals surface area contributed by atoms with Gasteiger partial charge in [0.15, 0.2) is 0 Å². The molecule has 0 heteroatoms. The van der Waals surface area contributed by atoms with Gasteiger partial charge in [0.25, 0.3) is 0 Å². The van der Waals surface area contributed by atoms with Gasteiger partial charge in [-0.1, -0.05) is 178 Å². The second-order valence-electron chi connectivity index (χ2n) is 14.7. The molecule has 0 fully saturated rings. The van der Waals surface area contributed by atoms with Crippen molar-refractivity contribution in [1.82, 2.24) is 0 Å². The van der Waals surface area contributed by atoms with Crippen molar-refractivity contribution >= 4 is 43.1 Å². The Morgan fingerprint density at radius 1 is 0.353 bits per heavy atom. The largest absolute Gasteiger partial charge is 0.0619 e. The molecule has 0 saturated heterocycles. The summed E-state index contributed by atoms with van der Waals surface area (Å²) in [6.45, 7) is 6.97. The van der Waals surface area contributed by atoms with E-state index in [4.69, 9.17) is 0 Å². The van der Waals surface area contributed by atoms with Crippen LogP contribution in [0.3, 0.4) is 0 Å². The Kier molecular flexibility index (Phi) is 6.61. The fraction of sp³-hybridized carbons (Fsp3) is 0.0980. The van der Waals surface area contributed by atoms with E-state index >= 15 is 0 Å². The minimum atomic E-state index is -0.0656. The predicted octanol–water partition coefficient (Wildman–Crippen LogP) is 14.2. The van der Waals surface area contributed by atoms with Crippen molar-refractivity contribution in [3.05, 3.63) is 180 Å². The fourth-order valence-corrected chi connectivity index (χ4v) is 9.18. The van der Waals surface area contributed by atoms with E-state index in [0.717, 1.165) is 6.42 Å². The molecule has 0 saturated carbocycles. The highest BCUT2D eigenvalue weighted by molar-refractivity contribution is 6.30. The summed E-state index contributed by atoms with van der Waals surface area (Å²) in [4.78, 5) is 0. The van der Waals surface area contributed by atoms with Crippen LogP contribution < -0.4 is 0 Å². The smallest absolute Gasteiger partial charge is 0.0159 e. The van der Waals surface area contributed by atoms with Gasteiger partial charge in [0, 0.05) is 5.41 Å². The lowest BCUT2D eigenvalue weighted by Gasteiger charge is -2.24. The first kappa shape index (κ1) is 29.9. The topological polar surface area (TPSA) is 0 Å². The van der Waals surface area contributed by atoms with Crippen molar-refractivity contribution in [3.8, 4) is 44.5 Å². The van der Waals surface area contributed by atoms with E-state index in [1.807, 2.05) is 0 Å². The normalized spacial score (nSPS) is 13.2. The molecule has 0 bridgehead atoms. The Morgan fingerprint density at radius 2 is 0.725 bits per heavy atom. The van der Waals surface area contributed by atoms with E-state index in [2.05, 4.69) is 185 Å². The molecule has 0 radical (unpaired) electrons. The van der Waals surface area contributed by atoms with Crippen molar-refractivity contribution in [2.24, 2.45) is 0 Å². The van der Waals surface area contributed by atoms with Gasteiger partial charge in [-0.25, -0.2) is 0 Å². The first-order valence-corrected chi connectivity index (χ1v) is 18.3. The third kappa shape index (κ3) is 4.33. The predicted molar refractivity (Wildman–Crippen MR) is 220 cm³/mol. The van der Waals surface area contributed by atoms with Crippen molar-refractivity contribution < 1.29 is 0 Å². The molecule has 0 nitrogen and oxygen atoms in total. The SMILES string of the molecule is CCc1ccc(-c2c3ccccc3c(-c3c4ccccc4c(-c4ccc5c(c4)C(C)(C)c4ccccc4-5)c4ccccc34)c3ccccc23)cc1. The molecule has 0 atom stereocenters. The highest BCUT2D eigenvalue weighted by Gasteiger charge is 2.35. The molecule has 0 unspecified atom stereocenters. The van der Waals surface area contributed by atoms with Gasteiger partial charge in [-0.2, -0.15) is 0 Å². The monoisotopic (exact) mass is 650 g/mol. The number of fused-ring (bicyclic) bond motifs is 7. The number of hydrogen-bond acceptors (Lipinski definition) is 0. The van der Waals surface area contributed by atoms with Gasteiger partial charge in [0.2, 0.25) is 0 Å². The second kappa shape index (κ2) is 11.3. The van der Waals surface area contributed by atoms with Crippen LogP contribution in [0.5, 0.6) is 0 Å². The van der Waals surface area contributed by atoms with Crippen LogP contribution >= 0.6 is 0 Å². The van der Waals surface area contributed by atoms with Gasteiger partial charge < -0.3 is 0 Å². The van der Waals surface area contributed by atoms with Gasteiger partial charge in [-0.15, -0.1) is 0 Å². The van der Waals surface area contributed by atoms with E-state index in [0.29, 0.717) is 0 Å². The van der Waals surface area contributed by atoms with Gasteiger partial charge in [0.1, 0.15) is 0 Å². The summed E-state index contributed by atoms with van der Waals surface area (Å²) >= 11 is 0. The van der Waals surface area contributed by atoms with E-state index in [1.54, 1.807) is 0 Å². The average molecular weight is 651 g/mol. The summed E-state index contributed by atoms with van der Waals surface area (Å²) in [7, 11) is 0. The van der Waals surface area contributed by atoms with Crippen LogP contribution in [0.25, 0.3) is 87.6 Å². The van der Waals surface area contributed by atoms with E-state index < -0.39 is 0 Å². The summed E-state index contributed by atoms with van der Waals surface area (Å²) < 4.78 is 0. The van der Waals surface area contributed by atoms with Crippen LogP contribution in [-0.4, -0.2) is 0 Å². The first-order valence-electron chi connectivity index (χ1n) is 18.3. The number of hydrogen-bond donors (Lipinski definition) is 0. The lowest BCUT2D eigenvalue weighted by molar-refractivity contribution is 0.660. The molecule has 9 aromatic carbocycles. The third-order valence-electron chi connectivity index (χ3n) is 11.6. The third-order valence-corrected chi connectivity index (χ3v) is 11.6. The van der Waals surface area contributed by atoms with Crippen molar-refractivity contribution in [1.29, 1.82) is 0 Å². The van der Waals surface area contributed by atoms with Crippen molar-refractivity contribution in [2.45, 2.75) is 32.6 Å². The summed E-state index contributed by atoms with van der Waals surface area (Å²) in [6, 6.07) is 61.6. The van der Waals surface area contributed by atoms with E-state index in [1.165, 1.54) is 104 Å². The summed E-state index contributed by atoms with van der Waals surface area (Å²) in [5.41, 5.74) is 14.6. The Bertz CT molecular complexity index is 2730. The maximum Gasteiger partial charge on any atom is 0.0159 e. The number of benzene rings is 9. The first-order chi connectivity index (χ1) is 25.0. The lowest BCUT2D eigenvalue weighted by atomic mass is 9.79. The van der Waals surface area contributed by atoms with Crippen LogP contribution in [0, 0.1) is 0 Å². The minimum absolute atomic E-state index is 0.0656. The molecule has 1 aliphatic carbocycles. The number of aryl methyl sites for hydroxylation is 1. The van der Waals surface area contributed by atoms with Gasteiger partial charge >= 0.3 is 0 Å². The van der Waals surface area contributed by atoms with Crippen LogP contribution in [0.2, 0.25) is 0 Å². The molecular weight excluding hydrogens is 613 g/mol. The molecule has 51 heavy (non-hydrogen) atoms. The summed E-state index contributed by atoms with van der Waals surface area (Å²) in [5.74, 6) is 0. The molecule has 10 rings (SSSR count). The average Bonchev–Trinajstić information content (AvgIpc) is 3.41. The molecular formula is C51H38. The maximum atomic E-state index is 2.48. The Hall–Kier alpha value is -5.98. The lowest BCUT2D eigenvalue weighted by Crippen LogP contribution is -2.14. The zero-order valence-electron chi connectivity index (χ0n) is 29.3. The van der Waals surface area contributed by atoms with Gasteiger partial charge in [0.05, 0.1) is 0 Å². The van der Waals surface area contributed by atoms with Crippen molar-refractivity contribution in [3.63, 3.8) is 0 Å². The highest BCUT2D eigenvalue weighted by atomic mass is 14.4. The molecule has 0 amide bonds. The quantitative estimate of drug-likeness (QED) is 0.166. The zero-order chi connectivity index (χ0) is 34.3. The van der Waals surface area contributed by atoms with E-state index in [9.17, 15) is 0 Å². The van der Waals surface area contributed by atoms with Crippen LogP contribution in [0.15, 0.2) is 164 Å². The fourth-order valence-electron chi connectivity index (χ4n) is 9.18. The van der Waals surface area contributed by atoms with Crippen molar-refractivity contribution in [2.75, 3.05) is 0 Å².